The molecule has 0 atom stereocenters. The Morgan fingerprint density at radius 2 is 1.85 bits per heavy atom. The smallest absolute Gasteiger partial charge is 0.244 e. The van der Waals surface area contributed by atoms with Crippen molar-refractivity contribution < 1.29 is 13.9 Å². The van der Waals surface area contributed by atoms with Gasteiger partial charge in [0.25, 0.3) is 0 Å². The highest BCUT2D eigenvalue weighted by Crippen LogP contribution is 2.27. The molecule has 0 radical (unpaired) electrons. The van der Waals surface area contributed by atoms with Gasteiger partial charge in [-0.3, -0.25) is 4.90 Å². The van der Waals surface area contributed by atoms with Crippen LogP contribution in [-0.2, 0) is 4.74 Å². The van der Waals surface area contributed by atoms with Gasteiger partial charge in [0, 0.05) is 25.2 Å². The average Bonchev–Trinajstić information content (AvgIpc) is 3.24. The fourth-order valence-corrected chi connectivity index (χ4v) is 2.80. The summed E-state index contributed by atoms with van der Waals surface area (Å²) >= 11 is 0. The van der Waals surface area contributed by atoms with E-state index < -0.39 is 0 Å². The minimum Gasteiger partial charge on any atom is -0.475 e. The third-order valence-corrected chi connectivity index (χ3v) is 4.19. The molecule has 0 amide bonds. The van der Waals surface area contributed by atoms with Crippen molar-refractivity contribution in [2.24, 2.45) is 0 Å². The van der Waals surface area contributed by atoms with Gasteiger partial charge in [-0.2, -0.15) is 4.98 Å². The van der Waals surface area contributed by atoms with E-state index in [0.717, 1.165) is 38.4 Å². The van der Waals surface area contributed by atoms with Gasteiger partial charge >= 0.3 is 0 Å². The predicted octanol–water partition coefficient (Wildman–Crippen LogP) is 2.51. The second-order valence-electron chi connectivity index (χ2n) is 5.93. The molecule has 0 bridgehead atoms. The van der Waals surface area contributed by atoms with Crippen LogP contribution >= 0.6 is 0 Å². The van der Waals surface area contributed by atoms with E-state index in [4.69, 9.17) is 13.9 Å². The molecule has 0 aliphatic carbocycles. The molecule has 4 rings (SSSR count). The summed E-state index contributed by atoms with van der Waals surface area (Å²) in [5.74, 6) is 1.44. The molecule has 0 saturated carbocycles. The van der Waals surface area contributed by atoms with Crippen LogP contribution in [0.1, 0.15) is 0 Å². The summed E-state index contributed by atoms with van der Waals surface area (Å²) in [5, 5.41) is 8.53. The van der Waals surface area contributed by atoms with E-state index in [1.165, 1.54) is 0 Å². The van der Waals surface area contributed by atoms with E-state index in [1.54, 1.807) is 18.4 Å². The largest absolute Gasteiger partial charge is 0.475 e. The normalized spacial score (nSPS) is 15.1. The van der Waals surface area contributed by atoms with Gasteiger partial charge in [0.2, 0.25) is 11.7 Å². The molecule has 134 valence electrons. The summed E-state index contributed by atoms with van der Waals surface area (Å²) in [5.41, 5.74) is 1.54. The van der Waals surface area contributed by atoms with E-state index in [0.29, 0.717) is 29.8 Å². The summed E-state index contributed by atoms with van der Waals surface area (Å²) in [7, 11) is 0. The van der Waals surface area contributed by atoms with Gasteiger partial charge in [-0.1, -0.05) is 30.3 Å². The minimum atomic E-state index is 0.413. The van der Waals surface area contributed by atoms with Crippen molar-refractivity contribution in [3.8, 4) is 28.7 Å². The molecule has 26 heavy (non-hydrogen) atoms. The molecule has 0 spiro atoms. The number of furan rings is 1. The number of aromatic nitrogens is 3. The molecule has 3 aromatic rings. The van der Waals surface area contributed by atoms with Crippen molar-refractivity contribution in [1.29, 1.82) is 0 Å². The first-order chi connectivity index (χ1) is 12.9. The van der Waals surface area contributed by atoms with Crippen LogP contribution in [0.3, 0.4) is 0 Å². The van der Waals surface area contributed by atoms with Crippen molar-refractivity contribution in [2.45, 2.75) is 0 Å². The number of ether oxygens (including phenoxy) is 2. The van der Waals surface area contributed by atoms with Crippen LogP contribution in [0, 0.1) is 0 Å². The summed E-state index contributed by atoms with van der Waals surface area (Å²) in [6, 6.07) is 13.4. The fraction of sp³-hybridized carbons (Fsp3) is 0.316. The standard InChI is InChI=1S/C19H20N4O3/c1-2-5-15(6-3-1)17-19(26-14-10-23-8-12-24-13-9-23)20-18(22-21-17)16-7-4-11-25-16/h1-7,11H,8-10,12-14H2. The predicted molar refractivity (Wildman–Crippen MR) is 95.7 cm³/mol. The Morgan fingerprint density at radius 3 is 2.62 bits per heavy atom. The molecule has 7 nitrogen and oxygen atoms in total. The molecule has 1 fully saturated rings. The Labute approximate surface area is 151 Å². The summed E-state index contributed by atoms with van der Waals surface area (Å²) in [4.78, 5) is 6.85. The van der Waals surface area contributed by atoms with E-state index in [9.17, 15) is 0 Å². The van der Waals surface area contributed by atoms with Gasteiger partial charge in [-0.15, -0.1) is 10.2 Å². The molecule has 1 aliphatic heterocycles. The highest BCUT2D eigenvalue weighted by atomic mass is 16.5. The van der Waals surface area contributed by atoms with Crippen LogP contribution < -0.4 is 4.74 Å². The van der Waals surface area contributed by atoms with E-state index in [2.05, 4.69) is 20.1 Å². The number of benzene rings is 1. The fourth-order valence-electron chi connectivity index (χ4n) is 2.80. The number of hydrogen-bond donors (Lipinski definition) is 0. The zero-order chi connectivity index (χ0) is 17.6. The van der Waals surface area contributed by atoms with Gasteiger partial charge in [-0.05, 0) is 12.1 Å². The highest BCUT2D eigenvalue weighted by Gasteiger charge is 2.16. The zero-order valence-electron chi connectivity index (χ0n) is 14.4. The monoisotopic (exact) mass is 352 g/mol. The number of rotatable bonds is 6. The number of hydrogen-bond acceptors (Lipinski definition) is 7. The lowest BCUT2D eigenvalue weighted by atomic mass is 10.1. The average molecular weight is 352 g/mol. The number of morpholine rings is 1. The van der Waals surface area contributed by atoms with E-state index in [1.807, 2.05) is 30.3 Å². The summed E-state index contributed by atoms with van der Waals surface area (Å²) in [6.45, 7) is 4.73. The Hall–Kier alpha value is -2.77. The van der Waals surface area contributed by atoms with Crippen LogP contribution in [0.15, 0.2) is 53.1 Å². The zero-order valence-corrected chi connectivity index (χ0v) is 14.4. The van der Waals surface area contributed by atoms with Crippen LogP contribution in [-0.4, -0.2) is 59.5 Å². The second kappa shape index (κ2) is 8.07. The van der Waals surface area contributed by atoms with E-state index in [-0.39, 0.29) is 0 Å². The van der Waals surface area contributed by atoms with Gasteiger partial charge in [0.15, 0.2) is 11.5 Å². The van der Waals surface area contributed by atoms with Crippen molar-refractivity contribution in [3.63, 3.8) is 0 Å². The minimum absolute atomic E-state index is 0.413. The van der Waals surface area contributed by atoms with Crippen LogP contribution in [0.25, 0.3) is 22.8 Å². The molecule has 7 heteroatoms. The first-order valence-corrected chi connectivity index (χ1v) is 8.67. The maximum atomic E-state index is 6.00. The Bertz CT molecular complexity index is 818. The van der Waals surface area contributed by atoms with E-state index >= 15 is 0 Å². The molecule has 1 aliphatic rings. The lowest BCUT2D eigenvalue weighted by Gasteiger charge is -2.26. The maximum Gasteiger partial charge on any atom is 0.244 e. The molecule has 3 heterocycles. The lowest BCUT2D eigenvalue weighted by molar-refractivity contribution is 0.0320. The SMILES string of the molecule is c1ccc(-c2nnc(-c3ccco3)nc2OCCN2CCOCC2)cc1. The third-order valence-electron chi connectivity index (χ3n) is 4.19. The molecular weight excluding hydrogens is 332 g/mol. The van der Waals surface area contributed by atoms with Gasteiger partial charge in [0.05, 0.1) is 19.5 Å². The van der Waals surface area contributed by atoms with Crippen LogP contribution in [0.2, 0.25) is 0 Å². The second-order valence-corrected chi connectivity index (χ2v) is 5.93. The van der Waals surface area contributed by atoms with Crippen molar-refractivity contribution in [3.05, 3.63) is 48.7 Å². The number of nitrogens with zero attached hydrogens (tertiary/aromatic N) is 4. The molecule has 0 N–H and O–H groups in total. The Morgan fingerprint density at radius 1 is 1.00 bits per heavy atom. The van der Waals surface area contributed by atoms with Gasteiger partial charge < -0.3 is 13.9 Å². The Kier molecular flexibility index (Phi) is 5.18. The maximum absolute atomic E-state index is 6.00. The van der Waals surface area contributed by atoms with Gasteiger partial charge in [-0.25, -0.2) is 0 Å². The summed E-state index contributed by atoms with van der Waals surface area (Å²) in [6.07, 6.45) is 1.59. The lowest BCUT2D eigenvalue weighted by Crippen LogP contribution is -2.38. The molecule has 2 aromatic heterocycles. The van der Waals surface area contributed by atoms with Gasteiger partial charge in [0.1, 0.15) is 6.61 Å². The van der Waals surface area contributed by atoms with Crippen molar-refractivity contribution in [1.82, 2.24) is 20.1 Å². The molecule has 1 aromatic carbocycles. The molecular formula is C19H20N4O3. The van der Waals surface area contributed by atoms with Crippen molar-refractivity contribution >= 4 is 0 Å². The summed E-state index contributed by atoms with van der Waals surface area (Å²) < 4.78 is 16.7. The topological polar surface area (TPSA) is 73.5 Å². The van der Waals surface area contributed by atoms with Crippen LogP contribution in [0.4, 0.5) is 0 Å². The molecule has 1 saturated heterocycles. The third kappa shape index (κ3) is 3.89. The molecule has 0 unspecified atom stereocenters. The van der Waals surface area contributed by atoms with Crippen molar-refractivity contribution in [2.75, 3.05) is 39.5 Å². The highest BCUT2D eigenvalue weighted by molar-refractivity contribution is 5.64. The Balaban J connectivity index is 1.55. The van der Waals surface area contributed by atoms with Crippen LogP contribution in [0.5, 0.6) is 5.88 Å². The first kappa shape index (κ1) is 16.7. The quantitative estimate of drug-likeness (QED) is 0.675. The first-order valence-electron chi connectivity index (χ1n) is 8.67.